The normalized spacial score (nSPS) is 18.6. The third kappa shape index (κ3) is 2.67. The minimum atomic E-state index is -2.93. The van der Waals surface area contributed by atoms with E-state index in [4.69, 9.17) is 4.74 Å². The van der Waals surface area contributed by atoms with Gasteiger partial charge in [-0.15, -0.1) is 0 Å². The Balaban J connectivity index is 1.93. The summed E-state index contributed by atoms with van der Waals surface area (Å²) in [6, 6.07) is 12.2. The zero-order valence-corrected chi connectivity index (χ0v) is 16.8. The second kappa shape index (κ2) is 6.79. The van der Waals surface area contributed by atoms with Gasteiger partial charge in [0, 0.05) is 11.1 Å². The van der Waals surface area contributed by atoms with Crippen molar-refractivity contribution < 1.29 is 23.1 Å². The second-order valence-electron chi connectivity index (χ2n) is 6.11. The smallest absolute Gasteiger partial charge is 0.275 e. The fourth-order valence-corrected chi connectivity index (χ4v) is 4.53. The highest BCUT2D eigenvalue weighted by Crippen LogP contribution is 2.48. The molecule has 1 N–H and O–H groups in total. The van der Waals surface area contributed by atoms with Crippen LogP contribution < -0.4 is 10.1 Å². The first kappa shape index (κ1) is 18.8. The Morgan fingerprint density at radius 2 is 1.82 bits per heavy atom. The number of anilines is 1. The molecule has 0 saturated carbocycles. The Labute approximate surface area is 171 Å². The Kier molecular flexibility index (Phi) is 4.55. The summed E-state index contributed by atoms with van der Waals surface area (Å²) < 4.78 is 36.4. The van der Waals surface area contributed by atoms with Crippen LogP contribution in [0, 0.1) is 5.13 Å². The van der Waals surface area contributed by atoms with Gasteiger partial charge in [-0.3, -0.25) is 9.59 Å². The number of methoxy groups -OCH3 is 1. The first-order chi connectivity index (χ1) is 13.4. The standard InChI is InChI=1S/C20H12BrF2NO3S/c1-27-13-9-10(7-8-12(13)21)14-15-16(25)20(23,11-5-3-2-4-6-11)19(26)24-18(15)28-17(14)22/h2-9H,1H3,(H,24,26). The van der Waals surface area contributed by atoms with E-state index >= 15 is 4.39 Å². The number of amides is 1. The SMILES string of the molecule is COc1cc(-c2c(F)sc3c2C(=O)C(F)(c2ccccc2)C(=O)N3)ccc1Br. The summed E-state index contributed by atoms with van der Waals surface area (Å²) in [5.41, 5.74) is -2.94. The predicted octanol–water partition coefficient (Wildman–Crippen LogP) is 5.33. The highest BCUT2D eigenvalue weighted by Gasteiger charge is 2.54. The average molecular weight is 464 g/mol. The molecule has 0 fully saturated rings. The molecule has 0 aliphatic carbocycles. The number of hydrogen-bond donors (Lipinski definition) is 1. The number of halogens is 3. The molecule has 4 rings (SSSR count). The molecule has 1 aliphatic heterocycles. The van der Waals surface area contributed by atoms with E-state index in [9.17, 15) is 14.0 Å². The van der Waals surface area contributed by atoms with Crippen LogP contribution in [0.25, 0.3) is 11.1 Å². The van der Waals surface area contributed by atoms with Crippen LogP contribution in [0.1, 0.15) is 15.9 Å². The summed E-state index contributed by atoms with van der Waals surface area (Å²) in [4.78, 5) is 25.6. The van der Waals surface area contributed by atoms with Gasteiger partial charge < -0.3 is 10.1 Å². The number of benzene rings is 2. The molecule has 3 aromatic rings. The number of ether oxygens (including phenoxy) is 1. The van der Waals surface area contributed by atoms with Crippen molar-refractivity contribution in [2.45, 2.75) is 5.67 Å². The Hall–Kier alpha value is -2.58. The average Bonchev–Trinajstić information content (AvgIpc) is 3.03. The highest BCUT2D eigenvalue weighted by atomic mass is 79.9. The van der Waals surface area contributed by atoms with Gasteiger partial charge in [0.15, 0.2) is 5.13 Å². The molecule has 2 aromatic carbocycles. The fourth-order valence-electron chi connectivity index (χ4n) is 3.18. The number of alkyl halides is 1. The number of thiophene rings is 1. The lowest BCUT2D eigenvalue weighted by Gasteiger charge is -2.28. The van der Waals surface area contributed by atoms with E-state index in [1.54, 1.807) is 24.3 Å². The number of hydrogen-bond acceptors (Lipinski definition) is 4. The number of carbonyl (C=O) groups excluding carboxylic acids is 2. The largest absolute Gasteiger partial charge is 0.496 e. The van der Waals surface area contributed by atoms with E-state index in [0.717, 1.165) is 0 Å². The summed E-state index contributed by atoms with van der Waals surface area (Å²) in [6.07, 6.45) is 0. The Bertz CT molecular complexity index is 1120. The first-order valence-electron chi connectivity index (χ1n) is 8.14. The topological polar surface area (TPSA) is 55.4 Å². The number of carbonyl (C=O) groups is 2. The molecule has 1 aromatic heterocycles. The molecule has 1 atom stereocenters. The third-order valence-corrected chi connectivity index (χ3v) is 6.11. The van der Waals surface area contributed by atoms with Gasteiger partial charge in [-0.2, -0.15) is 4.39 Å². The summed E-state index contributed by atoms with van der Waals surface area (Å²) in [6.45, 7) is 0. The quantitative estimate of drug-likeness (QED) is 0.534. The van der Waals surface area contributed by atoms with Crippen molar-refractivity contribution in [2.24, 2.45) is 0 Å². The number of nitrogens with one attached hydrogen (secondary N) is 1. The third-order valence-electron chi connectivity index (χ3n) is 4.56. The first-order valence-corrected chi connectivity index (χ1v) is 9.75. The van der Waals surface area contributed by atoms with Gasteiger partial charge in [-0.1, -0.05) is 47.7 Å². The van der Waals surface area contributed by atoms with Gasteiger partial charge in [-0.05, 0) is 33.6 Å². The number of Topliss-reactive ketones (excluding diaryl/α,β-unsaturated/α-hetero) is 1. The van der Waals surface area contributed by atoms with Crippen LogP contribution in [0.2, 0.25) is 0 Å². The van der Waals surface area contributed by atoms with E-state index in [1.807, 2.05) is 0 Å². The van der Waals surface area contributed by atoms with Crippen LogP contribution in [0.15, 0.2) is 53.0 Å². The molecule has 4 nitrogen and oxygen atoms in total. The van der Waals surface area contributed by atoms with Gasteiger partial charge in [0.05, 0.1) is 17.1 Å². The molecule has 8 heteroatoms. The van der Waals surface area contributed by atoms with Crippen molar-refractivity contribution in [3.05, 3.63) is 69.3 Å². The van der Waals surface area contributed by atoms with Crippen molar-refractivity contribution >= 4 is 44.0 Å². The molecule has 1 aliphatic rings. The van der Waals surface area contributed by atoms with Gasteiger partial charge >= 0.3 is 0 Å². The summed E-state index contributed by atoms with van der Waals surface area (Å²) >= 11 is 3.91. The lowest BCUT2D eigenvalue weighted by Crippen LogP contribution is -2.47. The Morgan fingerprint density at radius 3 is 2.50 bits per heavy atom. The number of ketones is 1. The van der Waals surface area contributed by atoms with E-state index in [-0.39, 0.29) is 21.7 Å². The molecule has 0 radical (unpaired) electrons. The van der Waals surface area contributed by atoms with Crippen LogP contribution in [-0.2, 0) is 10.5 Å². The van der Waals surface area contributed by atoms with Gasteiger partial charge in [0.25, 0.3) is 11.6 Å². The maximum Gasteiger partial charge on any atom is 0.275 e. The van der Waals surface area contributed by atoms with Gasteiger partial charge in [0.1, 0.15) is 10.8 Å². The molecule has 0 saturated heterocycles. The lowest BCUT2D eigenvalue weighted by atomic mass is 9.83. The minimum Gasteiger partial charge on any atom is -0.496 e. The van der Waals surface area contributed by atoms with E-state index in [0.29, 0.717) is 27.1 Å². The van der Waals surface area contributed by atoms with Crippen molar-refractivity contribution in [3.8, 4) is 16.9 Å². The number of rotatable bonds is 3. The van der Waals surface area contributed by atoms with E-state index in [1.165, 1.54) is 31.4 Å². The van der Waals surface area contributed by atoms with E-state index < -0.39 is 22.5 Å². The van der Waals surface area contributed by atoms with Crippen LogP contribution >= 0.6 is 27.3 Å². The molecule has 0 spiro atoms. The molecule has 0 bridgehead atoms. The van der Waals surface area contributed by atoms with Crippen molar-refractivity contribution in [2.75, 3.05) is 12.4 Å². The van der Waals surface area contributed by atoms with Crippen molar-refractivity contribution in [1.82, 2.24) is 0 Å². The van der Waals surface area contributed by atoms with Crippen LogP contribution in [0.4, 0.5) is 13.8 Å². The minimum absolute atomic E-state index is 0.00593. The molecule has 2 heterocycles. The molecule has 142 valence electrons. The fraction of sp³-hybridized carbons (Fsp3) is 0.100. The molecular formula is C20H12BrF2NO3S. The van der Waals surface area contributed by atoms with E-state index in [2.05, 4.69) is 21.2 Å². The summed E-state index contributed by atoms with van der Waals surface area (Å²) in [5, 5.41) is 1.65. The zero-order valence-electron chi connectivity index (χ0n) is 14.4. The molecular weight excluding hydrogens is 452 g/mol. The maximum atomic E-state index is 15.8. The second-order valence-corrected chi connectivity index (χ2v) is 7.94. The van der Waals surface area contributed by atoms with Crippen LogP contribution in [0.5, 0.6) is 5.75 Å². The maximum absolute atomic E-state index is 15.8. The molecule has 1 amide bonds. The highest BCUT2D eigenvalue weighted by molar-refractivity contribution is 9.10. The Morgan fingerprint density at radius 1 is 1.11 bits per heavy atom. The summed E-state index contributed by atoms with van der Waals surface area (Å²) in [5.74, 6) is -1.79. The van der Waals surface area contributed by atoms with Crippen molar-refractivity contribution in [1.29, 1.82) is 0 Å². The monoisotopic (exact) mass is 463 g/mol. The van der Waals surface area contributed by atoms with Crippen LogP contribution in [0.3, 0.4) is 0 Å². The molecule has 1 unspecified atom stereocenters. The zero-order chi connectivity index (χ0) is 20.1. The van der Waals surface area contributed by atoms with Crippen molar-refractivity contribution in [3.63, 3.8) is 0 Å². The molecule has 28 heavy (non-hydrogen) atoms. The predicted molar refractivity (Wildman–Crippen MR) is 106 cm³/mol. The van der Waals surface area contributed by atoms with Gasteiger partial charge in [-0.25, -0.2) is 4.39 Å². The van der Waals surface area contributed by atoms with Crippen LogP contribution in [-0.4, -0.2) is 18.8 Å². The summed E-state index contributed by atoms with van der Waals surface area (Å²) in [7, 11) is 1.46. The number of fused-ring (bicyclic) bond motifs is 1. The van der Waals surface area contributed by atoms with Gasteiger partial charge in [0.2, 0.25) is 5.78 Å². The lowest BCUT2D eigenvalue weighted by molar-refractivity contribution is -0.125.